The van der Waals surface area contributed by atoms with Crippen LogP contribution in [0.3, 0.4) is 0 Å². The first-order valence-corrected chi connectivity index (χ1v) is 14.9. The number of aromatic nitrogens is 3. The number of hydrogen-bond donors (Lipinski definition) is 0. The van der Waals surface area contributed by atoms with Gasteiger partial charge >= 0.3 is 15.2 Å². The van der Waals surface area contributed by atoms with Crippen LogP contribution in [0, 0.1) is 0 Å². The zero-order valence-corrected chi connectivity index (χ0v) is 21.1. The van der Waals surface area contributed by atoms with E-state index in [1.54, 1.807) is 34.6 Å². The van der Waals surface area contributed by atoms with Gasteiger partial charge in [-0.2, -0.15) is 15.0 Å². The van der Waals surface area contributed by atoms with E-state index in [1.807, 2.05) is 6.92 Å². The van der Waals surface area contributed by atoms with E-state index in [0.29, 0.717) is 6.42 Å². The molecule has 0 amide bonds. The highest BCUT2D eigenvalue weighted by Crippen LogP contribution is 2.50. The summed E-state index contributed by atoms with van der Waals surface area (Å²) in [6.07, 6.45) is 0.641. The van der Waals surface area contributed by atoms with Gasteiger partial charge in [0, 0.05) is 6.16 Å². The van der Waals surface area contributed by atoms with Crippen LogP contribution in [-0.2, 0) is 36.3 Å². The number of rotatable bonds is 15. The molecule has 0 aromatic carbocycles. The molecule has 1 rings (SSSR count). The van der Waals surface area contributed by atoms with Crippen molar-refractivity contribution < 1.29 is 36.3 Å². The van der Waals surface area contributed by atoms with Crippen molar-refractivity contribution in [3.63, 3.8) is 0 Å². The van der Waals surface area contributed by atoms with Crippen molar-refractivity contribution in [1.82, 2.24) is 15.0 Å². The lowest BCUT2D eigenvalue weighted by molar-refractivity contribution is 0.227. The monoisotopic (exact) mass is 487 g/mol. The molecule has 0 radical (unpaired) electrons. The zero-order chi connectivity index (χ0) is 22.8. The summed E-state index contributed by atoms with van der Waals surface area (Å²) in [7, 11) is -11.6. The van der Waals surface area contributed by atoms with Crippen LogP contribution in [0.4, 0.5) is 0 Å². The summed E-state index contributed by atoms with van der Waals surface area (Å²) in [5.74, 6) is 0. The van der Waals surface area contributed by atoms with Crippen LogP contribution in [0.2, 0.25) is 0 Å². The van der Waals surface area contributed by atoms with E-state index in [2.05, 4.69) is 15.0 Å². The molecule has 0 saturated carbocycles. The topological polar surface area (TPSA) is 136 Å². The van der Waals surface area contributed by atoms with Crippen LogP contribution >= 0.6 is 22.6 Å². The molecule has 0 saturated heterocycles. The first kappa shape index (κ1) is 27.5. The van der Waals surface area contributed by atoms with Gasteiger partial charge in [-0.05, 0) is 41.0 Å². The second kappa shape index (κ2) is 12.5. The predicted molar refractivity (Wildman–Crippen MR) is 115 cm³/mol. The molecule has 0 aliphatic heterocycles. The Bertz CT molecular complexity index is 676. The summed E-state index contributed by atoms with van der Waals surface area (Å²) in [6.45, 7) is 10.3. The summed E-state index contributed by atoms with van der Waals surface area (Å²) in [5, 5.41) is 0. The highest BCUT2D eigenvalue weighted by atomic mass is 31.2. The summed E-state index contributed by atoms with van der Waals surface area (Å²) in [4.78, 5) is 12.3. The molecule has 1 aromatic heterocycles. The van der Waals surface area contributed by atoms with Crippen molar-refractivity contribution in [3.05, 3.63) is 0 Å². The van der Waals surface area contributed by atoms with Gasteiger partial charge < -0.3 is 22.6 Å². The lowest BCUT2D eigenvalue weighted by Crippen LogP contribution is -2.38. The highest BCUT2D eigenvalue weighted by Gasteiger charge is 2.40. The molecule has 0 fully saturated rings. The lowest BCUT2D eigenvalue weighted by Gasteiger charge is -2.21. The molecule has 0 aliphatic carbocycles. The van der Waals surface area contributed by atoms with Crippen LogP contribution in [0.5, 0.6) is 0 Å². The Labute approximate surface area is 178 Å². The first-order valence-electron chi connectivity index (χ1n) is 9.98. The number of hydrogen-bond acceptors (Lipinski definition) is 11. The van der Waals surface area contributed by atoms with Gasteiger partial charge in [-0.1, -0.05) is 6.92 Å². The largest absolute Gasteiger partial charge is 0.398 e. The van der Waals surface area contributed by atoms with Gasteiger partial charge in [-0.15, -0.1) is 0 Å². The molecule has 1 atom stereocenters. The van der Waals surface area contributed by atoms with Gasteiger partial charge in [0.05, 0.1) is 33.0 Å². The third-order valence-electron chi connectivity index (χ3n) is 3.45. The number of nitrogens with zero attached hydrogens (tertiary/aromatic N) is 3. The molecular formula is C16H32N3O8P3. The van der Waals surface area contributed by atoms with Crippen molar-refractivity contribution in [2.45, 2.75) is 48.0 Å². The van der Waals surface area contributed by atoms with Crippen molar-refractivity contribution in [3.8, 4) is 0 Å². The van der Waals surface area contributed by atoms with E-state index in [-0.39, 0.29) is 44.8 Å². The molecule has 14 heteroatoms. The van der Waals surface area contributed by atoms with Gasteiger partial charge in [-0.3, -0.25) is 13.7 Å². The lowest BCUT2D eigenvalue weighted by atomic mass is 10.6. The molecule has 0 spiro atoms. The van der Waals surface area contributed by atoms with E-state index in [0.717, 1.165) is 0 Å². The molecule has 0 bridgehead atoms. The van der Waals surface area contributed by atoms with Gasteiger partial charge in [0.2, 0.25) is 16.7 Å². The maximum atomic E-state index is 13.5. The van der Waals surface area contributed by atoms with Crippen LogP contribution in [0.25, 0.3) is 0 Å². The van der Waals surface area contributed by atoms with E-state index in [9.17, 15) is 13.7 Å². The van der Waals surface area contributed by atoms with Crippen LogP contribution in [0.15, 0.2) is 0 Å². The zero-order valence-electron chi connectivity index (χ0n) is 18.4. The molecule has 11 nitrogen and oxygen atoms in total. The van der Waals surface area contributed by atoms with Crippen molar-refractivity contribution >= 4 is 39.3 Å². The molecule has 1 heterocycles. The maximum absolute atomic E-state index is 13.5. The fourth-order valence-electron chi connectivity index (χ4n) is 2.45. The van der Waals surface area contributed by atoms with E-state index >= 15 is 0 Å². The Morgan fingerprint density at radius 3 is 1.20 bits per heavy atom. The van der Waals surface area contributed by atoms with E-state index in [4.69, 9.17) is 22.6 Å². The fourth-order valence-corrected chi connectivity index (χ4v) is 7.47. The van der Waals surface area contributed by atoms with Crippen LogP contribution in [0.1, 0.15) is 48.0 Å². The molecule has 0 N–H and O–H groups in total. The van der Waals surface area contributed by atoms with E-state index < -0.39 is 33.7 Å². The fraction of sp³-hybridized carbons (Fsp3) is 0.812. The van der Waals surface area contributed by atoms with Gasteiger partial charge in [0.1, 0.15) is 0 Å². The molecular weight excluding hydrogens is 455 g/mol. The van der Waals surface area contributed by atoms with Crippen LogP contribution < -0.4 is 16.7 Å². The molecule has 30 heavy (non-hydrogen) atoms. The van der Waals surface area contributed by atoms with Gasteiger partial charge in [0.15, 0.2) is 0 Å². The smallest absolute Gasteiger partial charge is 0.323 e. The Morgan fingerprint density at radius 1 is 0.567 bits per heavy atom. The molecule has 0 aliphatic rings. The summed E-state index contributed by atoms with van der Waals surface area (Å²) in [6, 6.07) is 0. The Morgan fingerprint density at radius 2 is 0.900 bits per heavy atom. The van der Waals surface area contributed by atoms with Crippen molar-refractivity contribution in [2.24, 2.45) is 0 Å². The summed E-state index contributed by atoms with van der Waals surface area (Å²) >= 11 is 0. The predicted octanol–water partition coefficient (Wildman–Crippen LogP) is 3.00. The standard InChI is InChI=1S/C16H32N3O8P3/c1-7-13-28(20,23-8-2)14-17-15(29(21,24-9-3)25-10-4)19-16(18-14)30(22,26-11-5)27-12-6/h7-13H2,1-6H3. The van der Waals surface area contributed by atoms with Crippen LogP contribution in [-0.4, -0.2) is 54.1 Å². The highest BCUT2D eigenvalue weighted by molar-refractivity contribution is 7.67. The van der Waals surface area contributed by atoms with Gasteiger partial charge in [0.25, 0.3) is 7.37 Å². The normalized spacial score (nSPS) is 14.6. The summed E-state index contributed by atoms with van der Waals surface area (Å²) in [5.41, 5.74) is -1.10. The van der Waals surface area contributed by atoms with Crippen molar-refractivity contribution in [1.29, 1.82) is 0 Å². The Balaban J connectivity index is 3.84. The minimum Gasteiger partial charge on any atom is -0.323 e. The second-order valence-corrected chi connectivity index (χ2v) is 12.0. The minimum atomic E-state index is -4.01. The third-order valence-corrected chi connectivity index (χ3v) is 9.74. The average molecular weight is 487 g/mol. The molecule has 1 aromatic rings. The van der Waals surface area contributed by atoms with Gasteiger partial charge in [-0.25, -0.2) is 0 Å². The quantitative estimate of drug-likeness (QED) is 0.338. The molecule has 1 unspecified atom stereocenters. The molecule has 174 valence electrons. The Hall–Kier alpha value is -0.500. The first-order chi connectivity index (χ1) is 14.2. The third kappa shape index (κ3) is 6.75. The van der Waals surface area contributed by atoms with E-state index in [1.165, 1.54) is 0 Å². The second-order valence-electron chi connectivity index (χ2n) is 5.72. The maximum Gasteiger partial charge on any atom is 0.398 e. The SMILES string of the molecule is CCCP(=O)(OCC)c1nc(P(=O)(OCC)OCC)nc(P(=O)(OCC)OCC)n1. The average Bonchev–Trinajstić information content (AvgIpc) is 2.69. The minimum absolute atomic E-state index is 0.0420. The summed E-state index contributed by atoms with van der Waals surface area (Å²) < 4.78 is 66.8. The van der Waals surface area contributed by atoms with Crippen molar-refractivity contribution in [2.75, 3.05) is 39.2 Å². The Kier molecular flexibility index (Phi) is 11.5.